The van der Waals surface area contributed by atoms with Crippen molar-refractivity contribution in [2.75, 3.05) is 5.73 Å². The van der Waals surface area contributed by atoms with Gasteiger partial charge in [-0.25, -0.2) is 13.1 Å². The Hall–Kier alpha value is -1.07. The molecule has 0 spiro atoms. The molecule has 0 aliphatic heterocycles. The molecule has 1 aromatic rings. The molecule has 1 aliphatic carbocycles. The first kappa shape index (κ1) is 13.4. The monoisotopic (exact) mass is 268 g/mol. The molecule has 1 aromatic carbocycles. The number of sulfonamides is 1. The minimum absolute atomic E-state index is 0.288. The van der Waals surface area contributed by atoms with Crippen molar-refractivity contribution in [1.29, 1.82) is 0 Å². The molecule has 18 heavy (non-hydrogen) atoms. The van der Waals surface area contributed by atoms with Crippen molar-refractivity contribution in [3.05, 3.63) is 23.8 Å². The van der Waals surface area contributed by atoms with Crippen LogP contribution in [0.5, 0.6) is 0 Å². The smallest absolute Gasteiger partial charge is 0.241 e. The summed E-state index contributed by atoms with van der Waals surface area (Å²) in [4.78, 5) is 0.288. The van der Waals surface area contributed by atoms with Crippen LogP contribution in [0, 0.1) is 6.92 Å². The molecule has 3 N–H and O–H groups in total. The highest BCUT2D eigenvalue weighted by Crippen LogP contribution is 2.31. The van der Waals surface area contributed by atoms with Crippen LogP contribution in [0.15, 0.2) is 23.1 Å². The third-order valence-electron chi connectivity index (χ3n) is 3.70. The van der Waals surface area contributed by atoms with Crippen LogP contribution in [-0.2, 0) is 10.0 Å². The molecular weight excluding hydrogens is 248 g/mol. The Morgan fingerprint density at radius 2 is 1.89 bits per heavy atom. The number of hydrogen-bond acceptors (Lipinski definition) is 3. The van der Waals surface area contributed by atoms with E-state index in [1.165, 1.54) is 0 Å². The molecule has 0 bridgehead atoms. The van der Waals surface area contributed by atoms with E-state index in [-0.39, 0.29) is 10.4 Å². The number of benzene rings is 1. The van der Waals surface area contributed by atoms with Gasteiger partial charge in [-0.2, -0.15) is 0 Å². The number of nitrogens with two attached hydrogens (primary N) is 1. The molecule has 0 radical (unpaired) electrons. The summed E-state index contributed by atoms with van der Waals surface area (Å²) in [5.41, 5.74) is 6.58. The minimum Gasteiger partial charge on any atom is -0.398 e. The number of hydrogen-bond donors (Lipinski definition) is 2. The third kappa shape index (κ3) is 2.52. The van der Waals surface area contributed by atoms with E-state index in [9.17, 15) is 8.42 Å². The summed E-state index contributed by atoms with van der Waals surface area (Å²) < 4.78 is 27.6. The van der Waals surface area contributed by atoms with Crippen molar-refractivity contribution in [3.63, 3.8) is 0 Å². The van der Waals surface area contributed by atoms with Crippen LogP contribution < -0.4 is 10.5 Å². The molecule has 1 fully saturated rings. The number of nitrogens with one attached hydrogen (secondary N) is 1. The molecule has 4 nitrogen and oxygen atoms in total. The van der Waals surface area contributed by atoms with Gasteiger partial charge in [-0.1, -0.05) is 18.9 Å². The van der Waals surface area contributed by atoms with E-state index in [0.717, 1.165) is 25.7 Å². The molecule has 0 atom stereocenters. The lowest BCUT2D eigenvalue weighted by atomic mass is 10.0. The summed E-state index contributed by atoms with van der Waals surface area (Å²) in [6.07, 6.45) is 3.95. The number of rotatable bonds is 3. The normalized spacial score (nSPS) is 19.0. The summed E-state index contributed by atoms with van der Waals surface area (Å²) in [6.45, 7) is 3.71. The van der Waals surface area contributed by atoms with Crippen LogP contribution >= 0.6 is 0 Å². The van der Waals surface area contributed by atoms with Gasteiger partial charge < -0.3 is 5.73 Å². The van der Waals surface area contributed by atoms with Crippen LogP contribution in [0.25, 0.3) is 0 Å². The van der Waals surface area contributed by atoms with Gasteiger partial charge in [-0.05, 0) is 44.4 Å². The topological polar surface area (TPSA) is 72.2 Å². The van der Waals surface area contributed by atoms with Crippen molar-refractivity contribution in [1.82, 2.24) is 4.72 Å². The number of anilines is 1. The van der Waals surface area contributed by atoms with Gasteiger partial charge in [0, 0.05) is 11.2 Å². The van der Waals surface area contributed by atoms with E-state index >= 15 is 0 Å². The van der Waals surface area contributed by atoms with Crippen LogP contribution in [0.1, 0.15) is 38.2 Å². The van der Waals surface area contributed by atoms with E-state index < -0.39 is 10.0 Å². The lowest BCUT2D eigenvalue weighted by Crippen LogP contribution is -2.43. The van der Waals surface area contributed by atoms with Crippen molar-refractivity contribution < 1.29 is 8.42 Å². The van der Waals surface area contributed by atoms with Gasteiger partial charge >= 0.3 is 0 Å². The van der Waals surface area contributed by atoms with Crippen LogP contribution in [0.2, 0.25) is 0 Å². The lowest BCUT2D eigenvalue weighted by molar-refractivity contribution is 0.427. The first-order valence-electron chi connectivity index (χ1n) is 6.23. The van der Waals surface area contributed by atoms with Gasteiger partial charge in [-0.3, -0.25) is 0 Å². The predicted molar refractivity (Wildman–Crippen MR) is 72.8 cm³/mol. The molecule has 1 saturated carbocycles. The quantitative estimate of drug-likeness (QED) is 0.825. The van der Waals surface area contributed by atoms with E-state index in [1.54, 1.807) is 25.1 Å². The highest BCUT2D eigenvalue weighted by Gasteiger charge is 2.34. The molecule has 0 aromatic heterocycles. The Morgan fingerprint density at radius 1 is 1.28 bits per heavy atom. The molecule has 0 heterocycles. The maximum Gasteiger partial charge on any atom is 0.241 e. The molecule has 0 unspecified atom stereocenters. The standard InChI is InChI=1S/C13H20N2O2S/c1-10-11(14)6-5-7-12(10)18(16,17)15-13(2)8-3-4-9-13/h5-7,15H,3-4,8-9,14H2,1-2H3. The fourth-order valence-electron chi connectivity index (χ4n) is 2.56. The second-order valence-electron chi connectivity index (χ2n) is 5.34. The molecule has 100 valence electrons. The average Bonchev–Trinajstić information content (AvgIpc) is 2.67. The van der Waals surface area contributed by atoms with Gasteiger partial charge in [0.15, 0.2) is 0 Å². The maximum atomic E-state index is 12.4. The van der Waals surface area contributed by atoms with E-state index in [2.05, 4.69) is 4.72 Å². The molecule has 5 heteroatoms. The molecule has 0 amide bonds. The van der Waals surface area contributed by atoms with Crippen LogP contribution in [-0.4, -0.2) is 14.0 Å². The fourth-order valence-corrected chi connectivity index (χ4v) is 4.30. The predicted octanol–water partition coefficient (Wildman–Crippen LogP) is 2.19. The van der Waals surface area contributed by atoms with Gasteiger partial charge in [0.05, 0.1) is 4.90 Å². The van der Waals surface area contributed by atoms with Gasteiger partial charge in [0.2, 0.25) is 10.0 Å². The summed E-state index contributed by atoms with van der Waals surface area (Å²) >= 11 is 0. The lowest BCUT2D eigenvalue weighted by Gasteiger charge is -2.25. The molecule has 1 aliphatic rings. The molecule has 0 saturated heterocycles. The second kappa shape index (κ2) is 4.55. The maximum absolute atomic E-state index is 12.4. The SMILES string of the molecule is Cc1c(N)cccc1S(=O)(=O)NC1(C)CCCC1. The number of nitrogen functional groups attached to an aromatic ring is 1. The first-order chi connectivity index (χ1) is 8.34. The van der Waals surface area contributed by atoms with Crippen molar-refractivity contribution >= 4 is 15.7 Å². The highest BCUT2D eigenvalue weighted by molar-refractivity contribution is 7.89. The van der Waals surface area contributed by atoms with Crippen LogP contribution in [0.4, 0.5) is 5.69 Å². The van der Waals surface area contributed by atoms with Crippen LogP contribution in [0.3, 0.4) is 0 Å². The Morgan fingerprint density at radius 3 is 2.50 bits per heavy atom. The van der Waals surface area contributed by atoms with Crippen molar-refractivity contribution in [2.45, 2.75) is 50.0 Å². The molecule has 2 rings (SSSR count). The van der Waals surface area contributed by atoms with Gasteiger partial charge in [-0.15, -0.1) is 0 Å². The summed E-state index contributed by atoms with van der Waals surface area (Å²) in [7, 11) is -3.49. The second-order valence-corrected chi connectivity index (χ2v) is 6.99. The van der Waals surface area contributed by atoms with E-state index in [4.69, 9.17) is 5.73 Å². The Labute approximate surface area is 109 Å². The van der Waals surface area contributed by atoms with E-state index in [1.807, 2.05) is 6.92 Å². The first-order valence-corrected chi connectivity index (χ1v) is 7.71. The zero-order valence-electron chi connectivity index (χ0n) is 10.9. The summed E-state index contributed by atoms with van der Waals surface area (Å²) in [6, 6.07) is 4.99. The van der Waals surface area contributed by atoms with Gasteiger partial charge in [0.1, 0.15) is 0 Å². The Kier molecular flexibility index (Phi) is 3.38. The third-order valence-corrected chi connectivity index (χ3v) is 5.49. The highest BCUT2D eigenvalue weighted by atomic mass is 32.2. The Balaban J connectivity index is 2.34. The summed E-state index contributed by atoms with van der Waals surface area (Å²) in [5, 5.41) is 0. The zero-order chi connectivity index (χ0) is 13.4. The largest absolute Gasteiger partial charge is 0.398 e. The average molecular weight is 268 g/mol. The van der Waals surface area contributed by atoms with Gasteiger partial charge in [0.25, 0.3) is 0 Å². The van der Waals surface area contributed by atoms with Crippen molar-refractivity contribution in [3.8, 4) is 0 Å². The van der Waals surface area contributed by atoms with E-state index in [0.29, 0.717) is 11.3 Å². The summed E-state index contributed by atoms with van der Waals surface area (Å²) in [5.74, 6) is 0. The fraction of sp³-hybridized carbons (Fsp3) is 0.538. The van der Waals surface area contributed by atoms with Crippen molar-refractivity contribution in [2.24, 2.45) is 0 Å². The minimum atomic E-state index is -3.49. The zero-order valence-corrected chi connectivity index (χ0v) is 11.7. The molecular formula is C13H20N2O2S. The Bertz CT molecular complexity index is 546.